The van der Waals surface area contributed by atoms with Gasteiger partial charge < -0.3 is 20.5 Å². The first-order valence-electron chi connectivity index (χ1n) is 9.85. The van der Waals surface area contributed by atoms with Gasteiger partial charge in [0.05, 0.1) is 5.69 Å². The average molecular weight is 386 g/mol. The third-order valence-electron chi connectivity index (χ3n) is 5.51. The lowest BCUT2D eigenvalue weighted by Gasteiger charge is -2.29. The zero-order valence-electron chi connectivity index (χ0n) is 17.4. The fourth-order valence-electron chi connectivity index (χ4n) is 3.83. The standard InChI is InChI=1S/C21H31N5O2/c1-20(2,3)16(18(28)22-5)25-17(27)15-14-13-23-11-12-26(14)19(24-15)21(4)9-7-6-8-10-21/h6-9,16,23H,10-13H2,1-5H3,(H,22,28)(H,25,27)/t16-,21?/m1/s1. The maximum Gasteiger partial charge on any atom is 0.272 e. The molecule has 1 aromatic rings. The number of carbonyl (C=O) groups is 2. The molecule has 2 atom stereocenters. The van der Waals surface area contributed by atoms with Crippen molar-refractivity contribution in [3.05, 3.63) is 41.5 Å². The molecule has 0 saturated heterocycles. The Bertz CT molecular complexity index is 831. The van der Waals surface area contributed by atoms with Gasteiger partial charge in [-0.25, -0.2) is 4.98 Å². The molecule has 28 heavy (non-hydrogen) atoms. The zero-order chi connectivity index (χ0) is 20.5. The van der Waals surface area contributed by atoms with Crippen LogP contribution in [0.2, 0.25) is 0 Å². The van der Waals surface area contributed by atoms with E-state index in [1.54, 1.807) is 7.05 Å². The summed E-state index contributed by atoms with van der Waals surface area (Å²) in [5.74, 6) is 0.391. The fraction of sp³-hybridized carbons (Fsp3) is 0.571. The number of hydrogen-bond donors (Lipinski definition) is 3. The minimum absolute atomic E-state index is 0.209. The third-order valence-corrected chi connectivity index (χ3v) is 5.51. The van der Waals surface area contributed by atoms with Crippen LogP contribution in [0.5, 0.6) is 0 Å². The Balaban J connectivity index is 1.98. The van der Waals surface area contributed by atoms with Crippen molar-refractivity contribution < 1.29 is 9.59 Å². The molecule has 0 bridgehead atoms. The molecule has 0 radical (unpaired) electrons. The number of carbonyl (C=O) groups excluding carboxylic acids is 2. The van der Waals surface area contributed by atoms with Gasteiger partial charge in [0.15, 0.2) is 5.69 Å². The first-order valence-corrected chi connectivity index (χ1v) is 9.85. The Morgan fingerprint density at radius 3 is 2.68 bits per heavy atom. The molecule has 2 heterocycles. The predicted molar refractivity (Wildman–Crippen MR) is 109 cm³/mol. The first kappa shape index (κ1) is 20.3. The van der Waals surface area contributed by atoms with Crippen LogP contribution in [0.25, 0.3) is 0 Å². The van der Waals surface area contributed by atoms with Crippen molar-refractivity contribution in [3.63, 3.8) is 0 Å². The van der Waals surface area contributed by atoms with Gasteiger partial charge in [-0.15, -0.1) is 0 Å². The summed E-state index contributed by atoms with van der Waals surface area (Å²) in [5.41, 5.74) is 0.625. The van der Waals surface area contributed by atoms with E-state index in [9.17, 15) is 9.59 Å². The van der Waals surface area contributed by atoms with Crippen LogP contribution in [0.4, 0.5) is 0 Å². The molecule has 7 heteroatoms. The van der Waals surface area contributed by atoms with E-state index >= 15 is 0 Å². The lowest BCUT2D eigenvalue weighted by Crippen LogP contribution is -2.53. The highest BCUT2D eigenvalue weighted by Crippen LogP contribution is 2.33. The Hall–Kier alpha value is -2.41. The van der Waals surface area contributed by atoms with Crippen LogP contribution in [0.3, 0.4) is 0 Å². The van der Waals surface area contributed by atoms with Crippen LogP contribution in [0.15, 0.2) is 24.3 Å². The van der Waals surface area contributed by atoms with Gasteiger partial charge in [-0.2, -0.15) is 0 Å². The maximum atomic E-state index is 13.2. The molecule has 0 spiro atoms. The number of nitrogens with zero attached hydrogens (tertiary/aromatic N) is 2. The molecule has 1 aliphatic heterocycles. The number of likely N-dealkylation sites (N-methyl/N-ethyl adjacent to an activating group) is 1. The quantitative estimate of drug-likeness (QED) is 0.735. The second-order valence-electron chi connectivity index (χ2n) is 8.85. The summed E-state index contributed by atoms with van der Waals surface area (Å²) >= 11 is 0. The van der Waals surface area contributed by atoms with Crippen LogP contribution >= 0.6 is 0 Å². The fourth-order valence-corrected chi connectivity index (χ4v) is 3.83. The van der Waals surface area contributed by atoms with Gasteiger partial charge in [0, 0.05) is 32.1 Å². The summed E-state index contributed by atoms with van der Waals surface area (Å²) in [6.07, 6.45) is 9.19. The highest BCUT2D eigenvalue weighted by Gasteiger charge is 2.37. The summed E-state index contributed by atoms with van der Waals surface area (Å²) in [7, 11) is 1.58. The summed E-state index contributed by atoms with van der Waals surface area (Å²) < 4.78 is 2.17. The molecular weight excluding hydrogens is 354 g/mol. The SMILES string of the molecule is CNC(=O)[C@@H](NC(=O)c1nc(C2(C)C=CC=CC2)n2c1CNCC2)C(C)(C)C. The Labute approximate surface area is 166 Å². The second-order valence-corrected chi connectivity index (χ2v) is 8.85. The Kier molecular flexibility index (Phi) is 5.48. The smallest absolute Gasteiger partial charge is 0.272 e. The van der Waals surface area contributed by atoms with E-state index in [1.165, 1.54) is 0 Å². The van der Waals surface area contributed by atoms with Crippen LogP contribution in [0, 0.1) is 5.41 Å². The average Bonchev–Trinajstić information content (AvgIpc) is 3.06. The van der Waals surface area contributed by atoms with Gasteiger partial charge >= 0.3 is 0 Å². The lowest BCUT2D eigenvalue weighted by atomic mass is 9.83. The van der Waals surface area contributed by atoms with Gasteiger partial charge in [0.1, 0.15) is 11.9 Å². The van der Waals surface area contributed by atoms with Crippen molar-refractivity contribution in [1.29, 1.82) is 0 Å². The van der Waals surface area contributed by atoms with Crippen molar-refractivity contribution >= 4 is 11.8 Å². The molecule has 0 saturated carbocycles. The van der Waals surface area contributed by atoms with Crippen LogP contribution in [0.1, 0.15) is 56.1 Å². The van der Waals surface area contributed by atoms with E-state index < -0.39 is 11.5 Å². The molecule has 1 aliphatic carbocycles. The molecule has 1 unspecified atom stereocenters. The van der Waals surface area contributed by atoms with Crippen molar-refractivity contribution in [2.45, 2.75) is 58.7 Å². The van der Waals surface area contributed by atoms with Crippen molar-refractivity contribution in [3.8, 4) is 0 Å². The minimum Gasteiger partial charge on any atom is -0.357 e. The number of allylic oxidation sites excluding steroid dienone is 4. The van der Waals surface area contributed by atoms with Gasteiger partial charge in [0.25, 0.3) is 5.91 Å². The molecule has 3 rings (SSSR count). The predicted octanol–water partition coefficient (Wildman–Crippen LogP) is 1.65. The van der Waals surface area contributed by atoms with E-state index in [0.29, 0.717) is 12.2 Å². The molecular formula is C21H31N5O2. The summed E-state index contributed by atoms with van der Waals surface area (Å²) in [6.45, 7) is 10.2. The number of nitrogens with one attached hydrogen (secondary N) is 3. The Morgan fingerprint density at radius 1 is 1.32 bits per heavy atom. The second kappa shape index (κ2) is 7.54. The number of hydrogen-bond acceptors (Lipinski definition) is 4. The highest BCUT2D eigenvalue weighted by molar-refractivity contribution is 5.97. The van der Waals surface area contributed by atoms with Crippen LogP contribution < -0.4 is 16.0 Å². The van der Waals surface area contributed by atoms with Gasteiger partial charge in [-0.05, 0) is 18.8 Å². The lowest BCUT2D eigenvalue weighted by molar-refractivity contribution is -0.124. The molecule has 152 valence electrons. The largest absolute Gasteiger partial charge is 0.357 e. The molecule has 0 fully saturated rings. The number of amides is 2. The number of imidazole rings is 1. The van der Waals surface area contributed by atoms with Crippen molar-refractivity contribution in [1.82, 2.24) is 25.5 Å². The van der Waals surface area contributed by atoms with E-state index in [2.05, 4.69) is 39.6 Å². The molecule has 3 N–H and O–H groups in total. The van der Waals surface area contributed by atoms with E-state index in [4.69, 9.17) is 4.98 Å². The van der Waals surface area contributed by atoms with E-state index in [-0.39, 0.29) is 17.2 Å². The summed E-state index contributed by atoms with van der Waals surface area (Å²) in [4.78, 5) is 30.3. The Morgan fingerprint density at radius 2 is 2.07 bits per heavy atom. The van der Waals surface area contributed by atoms with Crippen molar-refractivity contribution in [2.75, 3.05) is 13.6 Å². The molecule has 0 aromatic carbocycles. The monoisotopic (exact) mass is 385 g/mol. The van der Waals surface area contributed by atoms with Crippen LogP contribution in [-0.4, -0.2) is 41.0 Å². The number of aromatic nitrogens is 2. The molecule has 7 nitrogen and oxygen atoms in total. The van der Waals surface area contributed by atoms with Gasteiger partial charge in [-0.3, -0.25) is 9.59 Å². The summed E-state index contributed by atoms with van der Waals surface area (Å²) in [5, 5.41) is 8.89. The normalized spacial score (nSPS) is 22.5. The molecule has 1 aromatic heterocycles. The highest BCUT2D eigenvalue weighted by atomic mass is 16.2. The molecule has 2 aliphatic rings. The number of rotatable bonds is 4. The van der Waals surface area contributed by atoms with Crippen LogP contribution in [-0.2, 0) is 23.3 Å². The third kappa shape index (κ3) is 3.76. The van der Waals surface area contributed by atoms with Gasteiger partial charge in [0.2, 0.25) is 5.91 Å². The van der Waals surface area contributed by atoms with E-state index in [1.807, 2.05) is 32.9 Å². The summed E-state index contributed by atoms with van der Waals surface area (Å²) in [6, 6.07) is -0.643. The maximum absolute atomic E-state index is 13.2. The van der Waals surface area contributed by atoms with Crippen molar-refractivity contribution in [2.24, 2.45) is 5.41 Å². The topological polar surface area (TPSA) is 88.1 Å². The van der Waals surface area contributed by atoms with E-state index in [0.717, 1.165) is 31.0 Å². The molecule has 2 amide bonds. The number of fused-ring (bicyclic) bond motifs is 1. The van der Waals surface area contributed by atoms with Gasteiger partial charge in [-0.1, -0.05) is 45.1 Å². The minimum atomic E-state index is -0.643. The first-order chi connectivity index (χ1) is 13.2. The zero-order valence-corrected chi connectivity index (χ0v) is 17.4.